The topological polar surface area (TPSA) is 15.3 Å². The Morgan fingerprint density at radius 1 is 1.17 bits per heavy atom. The summed E-state index contributed by atoms with van der Waals surface area (Å²) in [5, 5.41) is 3.44. The van der Waals surface area contributed by atoms with Gasteiger partial charge in [-0.1, -0.05) is 6.07 Å². The van der Waals surface area contributed by atoms with Gasteiger partial charge in [0, 0.05) is 24.1 Å². The van der Waals surface area contributed by atoms with Gasteiger partial charge in [-0.05, 0) is 71.8 Å². The maximum absolute atomic E-state index is 3.77. The second-order valence-electron chi connectivity index (χ2n) is 5.45. The fourth-order valence-electron chi connectivity index (χ4n) is 3.11. The van der Waals surface area contributed by atoms with E-state index in [1.807, 2.05) is 0 Å². The fourth-order valence-corrected chi connectivity index (χ4v) is 3.75. The molecule has 0 radical (unpaired) electrons. The molecule has 1 atom stereocenters. The number of hydrogen-bond donors (Lipinski definition) is 1. The van der Waals surface area contributed by atoms with Crippen molar-refractivity contribution >= 4 is 21.6 Å². The smallest absolute Gasteiger partial charge is 0.0510 e. The van der Waals surface area contributed by atoms with Crippen LogP contribution in [0.3, 0.4) is 0 Å². The predicted molar refractivity (Wildman–Crippen MR) is 80.4 cm³/mol. The predicted octanol–water partition coefficient (Wildman–Crippen LogP) is 3.52. The van der Waals surface area contributed by atoms with Crippen LogP contribution in [0, 0.1) is 0 Å². The van der Waals surface area contributed by atoms with Crippen molar-refractivity contribution in [1.29, 1.82) is 0 Å². The van der Waals surface area contributed by atoms with Crippen molar-refractivity contribution in [3.63, 3.8) is 0 Å². The van der Waals surface area contributed by atoms with E-state index in [2.05, 4.69) is 44.3 Å². The summed E-state index contributed by atoms with van der Waals surface area (Å²) >= 11 is 3.77. The van der Waals surface area contributed by atoms with E-state index in [4.69, 9.17) is 0 Å². The van der Waals surface area contributed by atoms with Crippen LogP contribution >= 0.6 is 15.9 Å². The minimum absolute atomic E-state index is 0.705. The molecule has 1 N–H and O–H groups in total. The van der Waals surface area contributed by atoms with Gasteiger partial charge in [0.1, 0.15) is 0 Å². The zero-order valence-electron chi connectivity index (χ0n) is 10.8. The Morgan fingerprint density at radius 2 is 2.00 bits per heavy atom. The van der Waals surface area contributed by atoms with Crippen LogP contribution < -0.4 is 10.2 Å². The molecule has 2 aliphatic heterocycles. The molecule has 1 unspecified atom stereocenters. The third-order valence-corrected chi connectivity index (χ3v) is 4.84. The van der Waals surface area contributed by atoms with E-state index in [0.717, 1.165) is 13.1 Å². The van der Waals surface area contributed by atoms with Gasteiger partial charge in [0.15, 0.2) is 0 Å². The Labute approximate surface area is 118 Å². The van der Waals surface area contributed by atoms with Crippen molar-refractivity contribution in [2.75, 3.05) is 31.1 Å². The van der Waals surface area contributed by atoms with E-state index in [0.29, 0.717) is 5.92 Å². The summed E-state index contributed by atoms with van der Waals surface area (Å²) in [6, 6.07) is 6.97. The number of anilines is 1. The van der Waals surface area contributed by atoms with Crippen LogP contribution in [0.25, 0.3) is 0 Å². The SMILES string of the molecule is Brc1cc(C2CCNC2)ccc1N1CCCCC1. The van der Waals surface area contributed by atoms with Gasteiger partial charge >= 0.3 is 0 Å². The van der Waals surface area contributed by atoms with Crippen LogP contribution in [-0.2, 0) is 0 Å². The van der Waals surface area contributed by atoms with E-state index in [1.165, 1.54) is 54.5 Å². The largest absolute Gasteiger partial charge is 0.371 e. The molecule has 0 spiro atoms. The first-order valence-corrected chi connectivity index (χ1v) is 7.89. The van der Waals surface area contributed by atoms with Crippen molar-refractivity contribution in [3.8, 4) is 0 Å². The summed E-state index contributed by atoms with van der Waals surface area (Å²) in [5.74, 6) is 0.705. The molecule has 3 rings (SSSR count). The van der Waals surface area contributed by atoms with Crippen molar-refractivity contribution < 1.29 is 0 Å². The molecule has 0 aliphatic carbocycles. The molecule has 98 valence electrons. The highest BCUT2D eigenvalue weighted by Gasteiger charge is 2.19. The zero-order valence-corrected chi connectivity index (χ0v) is 12.4. The molecule has 2 aliphatic rings. The summed E-state index contributed by atoms with van der Waals surface area (Å²) in [7, 11) is 0. The molecule has 1 aromatic rings. The van der Waals surface area contributed by atoms with E-state index in [-0.39, 0.29) is 0 Å². The molecule has 1 aromatic carbocycles. The van der Waals surface area contributed by atoms with E-state index in [1.54, 1.807) is 0 Å². The molecule has 0 bridgehead atoms. The summed E-state index contributed by atoms with van der Waals surface area (Å²) in [4.78, 5) is 2.52. The lowest BCUT2D eigenvalue weighted by Gasteiger charge is -2.30. The van der Waals surface area contributed by atoms with Crippen molar-refractivity contribution in [3.05, 3.63) is 28.2 Å². The summed E-state index contributed by atoms with van der Waals surface area (Å²) < 4.78 is 1.27. The van der Waals surface area contributed by atoms with Crippen molar-refractivity contribution in [2.24, 2.45) is 0 Å². The molecule has 2 saturated heterocycles. The van der Waals surface area contributed by atoms with Gasteiger partial charge < -0.3 is 10.2 Å². The minimum Gasteiger partial charge on any atom is -0.371 e. The van der Waals surface area contributed by atoms with Crippen LogP contribution in [0.15, 0.2) is 22.7 Å². The third kappa shape index (κ3) is 2.57. The Kier molecular flexibility index (Phi) is 3.90. The lowest BCUT2D eigenvalue weighted by atomic mass is 9.98. The lowest BCUT2D eigenvalue weighted by molar-refractivity contribution is 0.577. The zero-order chi connectivity index (χ0) is 12.4. The Balaban J connectivity index is 1.79. The van der Waals surface area contributed by atoms with Gasteiger partial charge in [0.25, 0.3) is 0 Å². The maximum atomic E-state index is 3.77. The maximum Gasteiger partial charge on any atom is 0.0510 e. The van der Waals surface area contributed by atoms with Gasteiger partial charge in [-0.25, -0.2) is 0 Å². The normalized spacial score (nSPS) is 24.5. The first-order valence-electron chi connectivity index (χ1n) is 7.10. The van der Waals surface area contributed by atoms with Crippen molar-refractivity contribution in [2.45, 2.75) is 31.6 Å². The molecular weight excluding hydrogens is 288 g/mol. The second-order valence-corrected chi connectivity index (χ2v) is 6.30. The van der Waals surface area contributed by atoms with E-state index in [9.17, 15) is 0 Å². The number of hydrogen-bond acceptors (Lipinski definition) is 2. The first kappa shape index (κ1) is 12.5. The third-order valence-electron chi connectivity index (χ3n) is 4.20. The van der Waals surface area contributed by atoms with Gasteiger partial charge in [-0.15, -0.1) is 0 Å². The number of nitrogens with one attached hydrogen (secondary N) is 1. The minimum atomic E-state index is 0.705. The number of nitrogens with zero attached hydrogens (tertiary/aromatic N) is 1. The second kappa shape index (κ2) is 5.62. The number of rotatable bonds is 2. The highest BCUT2D eigenvalue weighted by molar-refractivity contribution is 9.10. The average molecular weight is 309 g/mol. The highest BCUT2D eigenvalue weighted by atomic mass is 79.9. The first-order chi connectivity index (χ1) is 8.84. The molecule has 0 saturated carbocycles. The molecule has 0 amide bonds. The van der Waals surface area contributed by atoms with Crippen LogP contribution in [0.4, 0.5) is 5.69 Å². The molecular formula is C15H21BrN2. The highest BCUT2D eigenvalue weighted by Crippen LogP contribution is 2.33. The monoisotopic (exact) mass is 308 g/mol. The number of benzene rings is 1. The van der Waals surface area contributed by atoms with Gasteiger partial charge in [-0.2, -0.15) is 0 Å². The summed E-state index contributed by atoms with van der Waals surface area (Å²) in [6.07, 6.45) is 5.33. The fraction of sp³-hybridized carbons (Fsp3) is 0.600. The molecule has 2 nitrogen and oxygen atoms in total. The standard InChI is InChI=1S/C15H21BrN2/c16-14-10-12(13-6-7-17-11-13)4-5-15(14)18-8-2-1-3-9-18/h4-5,10,13,17H,1-3,6-9,11H2. The van der Waals surface area contributed by atoms with E-state index < -0.39 is 0 Å². The number of halogens is 1. The quantitative estimate of drug-likeness (QED) is 0.899. The van der Waals surface area contributed by atoms with E-state index >= 15 is 0 Å². The molecule has 2 fully saturated rings. The number of piperidine rings is 1. The average Bonchev–Trinajstić information content (AvgIpc) is 2.93. The van der Waals surface area contributed by atoms with Crippen LogP contribution in [0.2, 0.25) is 0 Å². The van der Waals surface area contributed by atoms with Crippen LogP contribution in [0.1, 0.15) is 37.2 Å². The summed E-state index contributed by atoms with van der Waals surface area (Å²) in [6.45, 7) is 4.72. The lowest BCUT2D eigenvalue weighted by Crippen LogP contribution is -2.29. The van der Waals surface area contributed by atoms with Crippen molar-refractivity contribution in [1.82, 2.24) is 5.32 Å². The Morgan fingerprint density at radius 3 is 2.67 bits per heavy atom. The van der Waals surface area contributed by atoms with Gasteiger partial charge in [-0.3, -0.25) is 0 Å². The Bertz CT molecular complexity index is 407. The van der Waals surface area contributed by atoms with Crippen LogP contribution in [-0.4, -0.2) is 26.2 Å². The molecule has 3 heteroatoms. The van der Waals surface area contributed by atoms with Crippen LogP contribution in [0.5, 0.6) is 0 Å². The molecule has 0 aromatic heterocycles. The summed E-state index contributed by atoms with van der Waals surface area (Å²) in [5.41, 5.74) is 2.86. The molecule has 2 heterocycles. The van der Waals surface area contributed by atoms with Gasteiger partial charge in [0.2, 0.25) is 0 Å². The van der Waals surface area contributed by atoms with Gasteiger partial charge in [0.05, 0.1) is 5.69 Å². The molecule has 18 heavy (non-hydrogen) atoms. The Hall–Kier alpha value is -0.540.